The summed E-state index contributed by atoms with van der Waals surface area (Å²) in [4.78, 5) is 52.8. The quantitative estimate of drug-likeness (QED) is 0.714. The topological polar surface area (TPSA) is 96.0 Å². The maximum Gasteiger partial charge on any atom is 0.264 e. The zero-order valence-corrected chi connectivity index (χ0v) is 17.9. The molecule has 2 saturated heterocycles. The minimum absolute atomic E-state index is 0.0289. The summed E-state index contributed by atoms with van der Waals surface area (Å²) in [6.45, 7) is 1.21. The molecule has 1 aliphatic carbocycles. The Morgan fingerprint density at radius 3 is 2.38 bits per heavy atom. The van der Waals surface area contributed by atoms with E-state index in [9.17, 15) is 23.6 Å². The van der Waals surface area contributed by atoms with E-state index in [1.165, 1.54) is 12.1 Å². The van der Waals surface area contributed by atoms with Crippen LogP contribution in [0.1, 0.15) is 59.2 Å². The molecule has 1 aromatic rings. The first kappa shape index (κ1) is 21.1. The molecular formula is C23H26FN3O5. The third-order valence-corrected chi connectivity index (χ3v) is 7.52. The van der Waals surface area contributed by atoms with Gasteiger partial charge >= 0.3 is 0 Å². The van der Waals surface area contributed by atoms with E-state index < -0.39 is 35.5 Å². The first-order valence-corrected chi connectivity index (χ1v) is 11.2. The van der Waals surface area contributed by atoms with Crippen LogP contribution in [0.2, 0.25) is 0 Å². The van der Waals surface area contributed by atoms with Crippen molar-refractivity contribution < 1.29 is 28.3 Å². The van der Waals surface area contributed by atoms with Crippen molar-refractivity contribution in [2.75, 3.05) is 25.1 Å². The van der Waals surface area contributed by atoms with Crippen LogP contribution in [-0.4, -0.2) is 60.9 Å². The fourth-order valence-corrected chi connectivity index (χ4v) is 5.60. The molecule has 0 spiro atoms. The number of hydrogen-bond donors (Lipinski definition) is 1. The first-order chi connectivity index (χ1) is 15.4. The van der Waals surface area contributed by atoms with Gasteiger partial charge in [0.2, 0.25) is 11.8 Å². The van der Waals surface area contributed by atoms with Crippen LogP contribution in [0.4, 0.5) is 10.1 Å². The summed E-state index contributed by atoms with van der Waals surface area (Å²) >= 11 is 0. The fourth-order valence-electron chi connectivity index (χ4n) is 5.60. The smallest absolute Gasteiger partial charge is 0.264 e. The lowest BCUT2D eigenvalue weighted by Crippen LogP contribution is -2.54. The van der Waals surface area contributed by atoms with Crippen LogP contribution in [0.3, 0.4) is 0 Å². The number of nitrogens with zero attached hydrogens (tertiary/aromatic N) is 2. The predicted octanol–water partition coefficient (Wildman–Crippen LogP) is 1.87. The van der Waals surface area contributed by atoms with Gasteiger partial charge in [0.05, 0.1) is 22.9 Å². The summed E-state index contributed by atoms with van der Waals surface area (Å²) in [5, 5.41) is 2.18. The van der Waals surface area contributed by atoms with Gasteiger partial charge in [0.1, 0.15) is 11.9 Å². The Hall–Kier alpha value is -2.81. The van der Waals surface area contributed by atoms with Crippen molar-refractivity contribution >= 4 is 29.3 Å². The SMILES string of the molecule is COC1CC(C2CCN(c3c(F)ccc4c3C(=O)N(C3CCC(=O)NC3=O)C4=O)CC2)C1. The molecule has 1 atom stereocenters. The molecule has 0 bridgehead atoms. The summed E-state index contributed by atoms with van der Waals surface area (Å²) < 4.78 is 20.4. The Kier molecular flexibility index (Phi) is 5.23. The summed E-state index contributed by atoms with van der Waals surface area (Å²) in [6.07, 6.45) is 4.36. The second kappa shape index (κ2) is 7.95. The van der Waals surface area contributed by atoms with Crippen LogP contribution in [0, 0.1) is 17.7 Å². The number of methoxy groups -OCH3 is 1. The van der Waals surface area contributed by atoms with Crippen LogP contribution in [0.25, 0.3) is 0 Å². The Morgan fingerprint density at radius 1 is 1.00 bits per heavy atom. The van der Waals surface area contributed by atoms with Crippen LogP contribution in [0.15, 0.2) is 12.1 Å². The second-order valence-corrected chi connectivity index (χ2v) is 9.18. The van der Waals surface area contributed by atoms with Gasteiger partial charge in [-0.15, -0.1) is 0 Å². The van der Waals surface area contributed by atoms with E-state index in [2.05, 4.69) is 5.32 Å². The Morgan fingerprint density at radius 2 is 1.72 bits per heavy atom. The molecule has 5 rings (SSSR count). The molecule has 1 saturated carbocycles. The van der Waals surface area contributed by atoms with Crippen molar-refractivity contribution in [3.63, 3.8) is 0 Å². The molecule has 3 aliphatic heterocycles. The molecule has 0 aromatic heterocycles. The fraction of sp³-hybridized carbons (Fsp3) is 0.565. The van der Waals surface area contributed by atoms with Gasteiger partial charge in [0.25, 0.3) is 11.8 Å². The van der Waals surface area contributed by atoms with E-state index in [1.807, 2.05) is 4.90 Å². The van der Waals surface area contributed by atoms with E-state index in [-0.39, 0.29) is 29.7 Å². The highest BCUT2D eigenvalue weighted by molar-refractivity contribution is 6.25. The van der Waals surface area contributed by atoms with Crippen LogP contribution in [0.5, 0.6) is 0 Å². The normalized spacial score (nSPS) is 28.6. The average Bonchev–Trinajstić information content (AvgIpc) is 2.98. The number of anilines is 1. The third-order valence-electron chi connectivity index (χ3n) is 7.52. The van der Waals surface area contributed by atoms with Crippen LogP contribution in [-0.2, 0) is 14.3 Å². The number of amides is 4. The molecule has 1 aromatic carbocycles. The lowest BCUT2D eigenvalue weighted by atomic mass is 9.70. The summed E-state index contributed by atoms with van der Waals surface area (Å²) in [7, 11) is 1.73. The zero-order valence-electron chi connectivity index (χ0n) is 17.9. The number of imide groups is 2. The zero-order chi connectivity index (χ0) is 22.6. The second-order valence-electron chi connectivity index (χ2n) is 9.18. The monoisotopic (exact) mass is 443 g/mol. The largest absolute Gasteiger partial charge is 0.381 e. The molecular weight excluding hydrogens is 417 g/mol. The van der Waals surface area contributed by atoms with E-state index in [0.717, 1.165) is 30.6 Å². The van der Waals surface area contributed by atoms with Crippen molar-refractivity contribution in [2.45, 2.75) is 50.7 Å². The molecule has 8 nitrogen and oxygen atoms in total. The highest BCUT2D eigenvalue weighted by atomic mass is 19.1. The Balaban J connectivity index is 1.37. The van der Waals surface area contributed by atoms with Gasteiger partial charge in [-0.3, -0.25) is 29.4 Å². The number of halogens is 1. The Bertz CT molecular complexity index is 998. The number of nitrogens with one attached hydrogen (secondary N) is 1. The standard InChI is InChI=1S/C23H26FN3O5/c1-32-14-10-13(11-14)12-6-8-26(9-7-12)20-16(24)3-2-15-19(20)23(31)27(22(15)30)17-4-5-18(28)25-21(17)29/h2-3,12-14,17H,4-11H2,1H3,(H,25,28,29). The lowest BCUT2D eigenvalue weighted by molar-refractivity contribution is -0.136. The van der Waals surface area contributed by atoms with Crippen LogP contribution >= 0.6 is 0 Å². The molecule has 9 heteroatoms. The number of rotatable bonds is 4. The number of benzene rings is 1. The minimum atomic E-state index is -1.06. The van der Waals surface area contributed by atoms with Crippen LogP contribution < -0.4 is 10.2 Å². The van der Waals surface area contributed by atoms with Gasteiger partial charge in [-0.1, -0.05) is 0 Å². The molecule has 3 heterocycles. The molecule has 170 valence electrons. The minimum Gasteiger partial charge on any atom is -0.381 e. The highest BCUT2D eigenvalue weighted by Crippen LogP contribution is 2.42. The van der Waals surface area contributed by atoms with Gasteiger partial charge in [-0.25, -0.2) is 4.39 Å². The van der Waals surface area contributed by atoms with E-state index in [1.54, 1.807) is 7.11 Å². The van der Waals surface area contributed by atoms with Gasteiger partial charge in [-0.05, 0) is 56.1 Å². The summed E-state index contributed by atoms with van der Waals surface area (Å²) in [6, 6.07) is 1.47. The number of piperidine rings is 2. The van der Waals surface area contributed by atoms with Gasteiger partial charge < -0.3 is 9.64 Å². The molecule has 3 fully saturated rings. The van der Waals surface area contributed by atoms with Crippen molar-refractivity contribution in [1.29, 1.82) is 0 Å². The summed E-state index contributed by atoms with van der Waals surface area (Å²) in [5.41, 5.74) is 0.291. The lowest BCUT2D eigenvalue weighted by Gasteiger charge is -2.44. The summed E-state index contributed by atoms with van der Waals surface area (Å²) in [5.74, 6) is -1.76. The third kappa shape index (κ3) is 3.30. The Labute approximate surface area is 185 Å². The molecule has 1 N–H and O–H groups in total. The highest BCUT2D eigenvalue weighted by Gasteiger charge is 2.47. The van der Waals surface area contributed by atoms with Crippen molar-refractivity contribution in [3.05, 3.63) is 29.1 Å². The molecule has 4 aliphatic rings. The van der Waals surface area contributed by atoms with Gasteiger partial charge in [0, 0.05) is 26.6 Å². The van der Waals surface area contributed by atoms with Crippen molar-refractivity contribution in [1.82, 2.24) is 10.2 Å². The molecule has 4 amide bonds. The maximum absolute atomic E-state index is 15.0. The molecule has 1 unspecified atom stereocenters. The van der Waals surface area contributed by atoms with Crippen molar-refractivity contribution in [3.8, 4) is 0 Å². The number of carbonyl (C=O) groups excluding carboxylic acids is 4. The van der Waals surface area contributed by atoms with Crippen molar-refractivity contribution in [2.24, 2.45) is 11.8 Å². The van der Waals surface area contributed by atoms with Gasteiger partial charge in [-0.2, -0.15) is 0 Å². The molecule has 32 heavy (non-hydrogen) atoms. The van der Waals surface area contributed by atoms with E-state index in [4.69, 9.17) is 4.74 Å². The molecule has 0 radical (unpaired) electrons. The number of fused-ring (bicyclic) bond motifs is 1. The first-order valence-electron chi connectivity index (χ1n) is 11.2. The van der Waals surface area contributed by atoms with E-state index >= 15 is 0 Å². The average molecular weight is 443 g/mol. The number of carbonyl (C=O) groups is 4. The number of ether oxygens (including phenoxy) is 1. The number of hydrogen-bond acceptors (Lipinski definition) is 6. The van der Waals surface area contributed by atoms with Gasteiger partial charge in [0.15, 0.2) is 0 Å². The maximum atomic E-state index is 15.0. The van der Waals surface area contributed by atoms with E-state index in [0.29, 0.717) is 31.0 Å². The predicted molar refractivity (Wildman–Crippen MR) is 112 cm³/mol.